The van der Waals surface area contributed by atoms with Crippen LogP contribution in [0.5, 0.6) is 5.75 Å². The largest absolute Gasteiger partial charge is 0.506 e. The average molecular weight is 349 g/mol. The molecule has 1 spiro atoms. The van der Waals surface area contributed by atoms with Crippen LogP contribution in [0.4, 0.5) is 0 Å². The maximum absolute atomic E-state index is 13.2. The smallest absolute Gasteiger partial charge is 0.254 e. The molecule has 5 nitrogen and oxygen atoms in total. The van der Waals surface area contributed by atoms with Crippen LogP contribution in [0.25, 0.3) is 0 Å². The van der Waals surface area contributed by atoms with Crippen molar-refractivity contribution in [3.8, 4) is 5.75 Å². The summed E-state index contributed by atoms with van der Waals surface area (Å²) in [6.45, 7) is 1.40. The molecule has 1 aromatic carbocycles. The third-order valence-corrected chi connectivity index (χ3v) is 5.88. The normalized spacial score (nSPS) is 27.1. The lowest BCUT2D eigenvalue weighted by Gasteiger charge is -2.44. The molecule has 2 amide bonds. The Kier molecular flexibility index (Phi) is 3.71. The van der Waals surface area contributed by atoms with Crippen LogP contribution in [0.1, 0.15) is 48.9 Å². The van der Waals surface area contributed by atoms with E-state index < -0.39 is 5.54 Å². The standard InChI is InChI=1S/C18H21ClN2O3/c19-14-6-3-12(11-15(14)22)16(23)21-10-2-8-18(21)7-1-9-20(17(18)24)13-4-5-13/h3,6,11,13,22H,1-2,4-5,7-10H2. The highest BCUT2D eigenvalue weighted by atomic mass is 35.5. The van der Waals surface area contributed by atoms with Crippen molar-refractivity contribution in [3.63, 3.8) is 0 Å². The molecule has 1 aliphatic carbocycles. The van der Waals surface area contributed by atoms with Gasteiger partial charge in [0.2, 0.25) is 5.91 Å². The van der Waals surface area contributed by atoms with Gasteiger partial charge in [-0.05, 0) is 56.7 Å². The summed E-state index contributed by atoms with van der Waals surface area (Å²) < 4.78 is 0. The number of aromatic hydroxyl groups is 1. The van der Waals surface area contributed by atoms with Gasteiger partial charge in [-0.15, -0.1) is 0 Å². The molecule has 2 aliphatic heterocycles. The van der Waals surface area contributed by atoms with Crippen LogP contribution in [0.2, 0.25) is 5.02 Å². The number of hydrogen-bond donors (Lipinski definition) is 1. The second-order valence-electron chi connectivity index (χ2n) is 7.09. The van der Waals surface area contributed by atoms with Crippen LogP contribution >= 0.6 is 11.6 Å². The van der Waals surface area contributed by atoms with Gasteiger partial charge in [-0.2, -0.15) is 0 Å². The van der Waals surface area contributed by atoms with E-state index in [-0.39, 0.29) is 22.6 Å². The van der Waals surface area contributed by atoms with E-state index in [9.17, 15) is 14.7 Å². The predicted octanol–water partition coefficient (Wildman–Crippen LogP) is 2.81. The van der Waals surface area contributed by atoms with Crippen molar-refractivity contribution in [2.75, 3.05) is 13.1 Å². The Morgan fingerprint density at radius 1 is 1.21 bits per heavy atom. The van der Waals surface area contributed by atoms with Crippen LogP contribution < -0.4 is 0 Å². The molecular weight excluding hydrogens is 328 g/mol. The summed E-state index contributed by atoms with van der Waals surface area (Å²) in [5.74, 6) is -0.170. The molecule has 3 aliphatic rings. The number of carbonyl (C=O) groups is 2. The zero-order valence-electron chi connectivity index (χ0n) is 13.5. The zero-order valence-corrected chi connectivity index (χ0v) is 14.3. The van der Waals surface area contributed by atoms with Crippen molar-refractivity contribution < 1.29 is 14.7 Å². The lowest BCUT2D eigenvalue weighted by Crippen LogP contribution is -2.61. The van der Waals surface area contributed by atoms with Gasteiger partial charge in [-0.25, -0.2) is 0 Å². The number of carbonyl (C=O) groups excluding carboxylic acids is 2. The van der Waals surface area contributed by atoms with Gasteiger partial charge in [0.1, 0.15) is 11.3 Å². The minimum atomic E-state index is -0.687. The van der Waals surface area contributed by atoms with Crippen LogP contribution in [0.15, 0.2) is 18.2 Å². The summed E-state index contributed by atoms with van der Waals surface area (Å²) in [5, 5.41) is 10.0. The highest BCUT2D eigenvalue weighted by molar-refractivity contribution is 6.32. The molecule has 2 heterocycles. The summed E-state index contributed by atoms with van der Waals surface area (Å²) >= 11 is 5.84. The fraction of sp³-hybridized carbons (Fsp3) is 0.556. The second-order valence-corrected chi connectivity index (χ2v) is 7.50. The maximum atomic E-state index is 13.2. The molecule has 4 rings (SSSR count). The number of likely N-dealkylation sites (tertiary alicyclic amines) is 2. The zero-order chi connectivity index (χ0) is 16.9. The lowest BCUT2D eigenvalue weighted by molar-refractivity contribution is -0.146. The first-order valence-electron chi connectivity index (χ1n) is 8.64. The second kappa shape index (κ2) is 5.66. The topological polar surface area (TPSA) is 60.9 Å². The Hall–Kier alpha value is -1.75. The molecule has 1 saturated carbocycles. The lowest BCUT2D eigenvalue weighted by atomic mass is 9.85. The maximum Gasteiger partial charge on any atom is 0.254 e. The Labute approximate surface area is 146 Å². The highest BCUT2D eigenvalue weighted by Crippen LogP contribution is 2.42. The van der Waals surface area contributed by atoms with Gasteiger partial charge in [0, 0.05) is 24.7 Å². The Bertz CT molecular complexity index is 704. The Balaban J connectivity index is 1.65. The minimum Gasteiger partial charge on any atom is -0.506 e. The van der Waals surface area contributed by atoms with Crippen molar-refractivity contribution >= 4 is 23.4 Å². The first kappa shape index (κ1) is 15.8. The average Bonchev–Trinajstić information content (AvgIpc) is 3.33. The third kappa shape index (κ3) is 2.37. The summed E-state index contributed by atoms with van der Waals surface area (Å²) in [7, 11) is 0. The van der Waals surface area contributed by atoms with E-state index in [0.717, 1.165) is 45.1 Å². The summed E-state index contributed by atoms with van der Waals surface area (Å²) in [4.78, 5) is 29.9. The van der Waals surface area contributed by atoms with E-state index in [1.54, 1.807) is 11.0 Å². The summed E-state index contributed by atoms with van der Waals surface area (Å²) in [6, 6.07) is 4.91. The van der Waals surface area contributed by atoms with Crippen LogP contribution in [-0.4, -0.2) is 51.4 Å². The number of phenols is 1. The van der Waals surface area contributed by atoms with Crippen molar-refractivity contribution in [1.29, 1.82) is 0 Å². The molecule has 2 saturated heterocycles. The van der Waals surface area contributed by atoms with E-state index in [0.29, 0.717) is 18.2 Å². The number of rotatable bonds is 2. The Morgan fingerprint density at radius 2 is 1.92 bits per heavy atom. The summed E-state index contributed by atoms with van der Waals surface area (Å²) in [6.07, 6.45) is 5.43. The number of halogens is 1. The fourth-order valence-electron chi connectivity index (χ4n) is 4.21. The molecule has 0 aromatic heterocycles. The van der Waals surface area contributed by atoms with Crippen LogP contribution in [0, 0.1) is 0 Å². The van der Waals surface area contributed by atoms with Crippen molar-refractivity contribution in [3.05, 3.63) is 28.8 Å². The number of amides is 2. The van der Waals surface area contributed by atoms with E-state index in [2.05, 4.69) is 0 Å². The molecule has 1 N–H and O–H groups in total. The predicted molar refractivity (Wildman–Crippen MR) is 90.1 cm³/mol. The van der Waals surface area contributed by atoms with Gasteiger partial charge in [-0.3, -0.25) is 9.59 Å². The molecule has 1 aromatic rings. The SMILES string of the molecule is O=C(c1ccc(Cl)c(O)c1)N1CCCC12CCCN(C1CC1)C2=O. The molecule has 6 heteroatoms. The monoisotopic (exact) mass is 348 g/mol. The first-order valence-corrected chi connectivity index (χ1v) is 9.02. The molecule has 3 fully saturated rings. The first-order chi connectivity index (χ1) is 11.5. The van der Waals surface area contributed by atoms with E-state index in [4.69, 9.17) is 11.6 Å². The van der Waals surface area contributed by atoms with Crippen molar-refractivity contribution in [2.45, 2.75) is 50.1 Å². The highest BCUT2D eigenvalue weighted by Gasteiger charge is 2.54. The molecule has 1 atom stereocenters. The van der Waals surface area contributed by atoms with E-state index in [1.807, 2.05) is 4.90 Å². The molecule has 128 valence electrons. The van der Waals surface area contributed by atoms with Gasteiger partial charge in [0.25, 0.3) is 5.91 Å². The fourth-order valence-corrected chi connectivity index (χ4v) is 4.33. The Morgan fingerprint density at radius 3 is 2.58 bits per heavy atom. The van der Waals surface area contributed by atoms with Gasteiger partial charge in [-0.1, -0.05) is 11.6 Å². The quantitative estimate of drug-likeness (QED) is 0.894. The van der Waals surface area contributed by atoms with Gasteiger partial charge in [0.05, 0.1) is 5.02 Å². The summed E-state index contributed by atoms with van der Waals surface area (Å²) in [5.41, 5.74) is -0.304. The van der Waals surface area contributed by atoms with E-state index >= 15 is 0 Å². The number of phenolic OH excluding ortho intramolecular Hbond substituents is 1. The van der Waals surface area contributed by atoms with E-state index in [1.165, 1.54) is 12.1 Å². The van der Waals surface area contributed by atoms with Gasteiger partial charge in [0.15, 0.2) is 0 Å². The third-order valence-electron chi connectivity index (χ3n) is 5.56. The van der Waals surface area contributed by atoms with Crippen LogP contribution in [-0.2, 0) is 4.79 Å². The number of hydrogen-bond acceptors (Lipinski definition) is 3. The molecule has 1 unspecified atom stereocenters. The van der Waals surface area contributed by atoms with Gasteiger partial charge < -0.3 is 14.9 Å². The molecule has 0 bridgehead atoms. The molecular formula is C18H21ClN2O3. The molecule has 24 heavy (non-hydrogen) atoms. The van der Waals surface area contributed by atoms with Gasteiger partial charge >= 0.3 is 0 Å². The van der Waals surface area contributed by atoms with Crippen molar-refractivity contribution in [1.82, 2.24) is 9.80 Å². The molecule has 0 radical (unpaired) electrons. The minimum absolute atomic E-state index is 0.106. The number of nitrogens with zero attached hydrogens (tertiary/aromatic N) is 2. The number of piperidine rings is 1. The van der Waals surface area contributed by atoms with Crippen LogP contribution in [0.3, 0.4) is 0 Å². The van der Waals surface area contributed by atoms with Crippen molar-refractivity contribution in [2.24, 2.45) is 0 Å². The number of benzene rings is 1.